The van der Waals surface area contributed by atoms with Crippen LogP contribution in [0.25, 0.3) is 0 Å². The zero-order valence-corrected chi connectivity index (χ0v) is 38.2. The number of hydrogen-bond donors (Lipinski definition) is 14. The molecule has 9 amide bonds. The van der Waals surface area contributed by atoms with Gasteiger partial charge in [-0.05, 0) is 44.6 Å². The van der Waals surface area contributed by atoms with Crippen LogP contribution in [0.3, 0.4) is 0 Å². The minimum absolute atomic E-state index is 0.0520. The molecular formula is C37H60N12O18S. The maximum Gasteiger partial charge on any atom is 0.340 e. The van der Waals surface area contributed by atoms with Crippen molar-refractivity contribution in [1.82, 2.24) is 45.6 Å². The number of nitrogens with two attached hydrogens (primary N) is 2. The number of carboxylic acids is 1. The lowest BCUT2D eigenvalue weighted by Crippen LogP contribution is -2.61. The smallest absolute Gasteiger partial charge is 0.340 e. The van der Waals surface area contributed by atoms with Crippen LogP contribution < -0.4 is 43.9 Å². The third-order valence-corrected chi connectivity index (χ3v) is 12.0. The van der Waals surface area contributed by atoms with Crippen molar-refractivity contribution in [3.63, 3.8) is 0 Å². The van der Waals surface area contributed by atoms with Crippen molar-refractivity contribution in [2.75, 3.05) is 26.2 Å². The lowest BCUT2D eigenvalue weighted by molar-refractivity contribution is -0.163. The molecule has 16 N–H and O–H groups in total. The van der Waals surface area contributed by atoms with Crippen LogP contribution in [0, 0.1) is 0 Å². The Morgan fingerprint density at radius 3 is 1.63 bits per heavy atom. The van der Waals surface area contributed by atoms with Crippen LogP contribution in [0.15, 0.2) is 22.1 Å². The van der Waals surface area contributed by atoms with Crippen molar-refractivity contribution in [3.05, 3.63) is 28.2 Å². The number of aliphatic carboxylic acids is 1. The number of carbonyl (C=O) groups is 9. The van der Waals surface area contributed by atoms with Crippen LogP contribution in [0.5, 0.6) is 0 Å². The Balaban J connectivity index is 2.35. The molecule has 1 aliphatic rings. The van der Waals surface area contributed by atoms with Gasteiger partial charge in [-0.25, -0.2) is 29.6 Å². The highest BCUT2D eigenvalue weighted by Gasteiger charge is 2.50. The third-order valence-electron chi connectivity index (χ3n) is 10.4. The summed E-state index contributed by atoms with van der Waals surface area (Å²) in [6.07, 6.45) is -5.91. The molecule has 10 atom stereocenters. The van der Waals surface area contributed by atoms with E-state index in [4.69, 9.17) is 11.5 Å². The molecule has 1 saturated heterocycles. The Labute approximate surface area is 390 Å². The molecule has 31 heteroatoms. The molecule has 2 heterocycles. The fourth-order valence-corrected chi connectivity index (χ4v) is 8.03. The predicted octanol–water partition coefficient (Wildman–Crippen LogP) is -6.74. The molecular weight excluding hydrogens is 933 g/mol. The second-order valence-electron chi connectivity index (χ2n) is 15.5. The minimum Gasteiger partial charge on any atom is -0.480 e. The normalized spacial score (nSPS) is 19.6. The minimum atomic E-state index is -2.31. The number of nitrogens with zero attached hydrogens (tertiary/aromatic N) is 6. The highest BCUT2D eigenvalue weighted by Crippen LogP contribution is 2.43. The SMILES string of the molecule is CC(=O)N(O)CCCC(N)C(=O)NC(CCCN(O)C(C)=O)C(=O)NC(CCCN(O)C(C)=O)C(=O)NC(CO)C(=O)NC(C(=O)O)C(O)C1SC(n2ccc(=NC(N)=O)n(C)c2=O)C(O)C1O. The summed E-state index contributed by atoms with van der Waals surface area (Å²) in [7, 11) is 1.21. The average Bonchev–Trinajstić information content (AvgIpc) is 3.56. The first-order valence-electron chi connectivity index (χ1n) is 20.8. The maximum atomic E-state index is 13.8. The number of hydroxylamine groups is 6. The zero-order valence-electron chi connectivity index (χ0n) is 37.4. The van der Waals surface area contributed by atoms with Gasteiger partial charge in [-0.2, -0.15) is 4.99 Å². The number of urea groups is 1. The van der Waals surface area contributed by atoms with Gasteiger partial charge < -0.3 is 58.3 Å². The number of aliphatic hydroxyl groups is 4. The fraction of sp³-hybridized carbons (Fsp3) is 0.649. The molecule has 1 aromatic rings. The molecule has 10 unspecified atom stereocenters. The van der Waals surface area contributed by atoms with Crippen molar-refractivity contribution in [3.8, 4) is 0 Å². The highest BCUT2D eigenvalue weighted by molar-refractivity contribution is 8.00. The van der Waals surface area contributed by atoms with Gasteiger partial charge in [-0.15, -0.1) is 11.8 Å². The second kappa shape index (κ2) is 27.1. The van der Waals surface area contributed by atoms with Crippen LogP contribution in [-0.2, 0) is 45.4 Å². The first-order chi connectivity index (χ1) is 31.7. The van der Waals surface area contributed by atoms with Gasteiger partial charge in [-0.3, -0.25) is 58.3 Å². The summed E-state index contributed by atoms with van der Waals surface area (Å²) in [6, 6.07) is -8.79. The van der Waals surface area contributed by atoms with Crippen LogP contribution >= 0.6 is 11.8 Å². The van der Waals surface area contributed by atoms with Gasteiger partial charge in [0.05, 0.1) is 30.1 Å². The number of carbonyl (C=O) groups excluding carboxylic acids is 8. The summed E-state index contributed by atoms with van der Waals surface area (Å²) in [6.45, 7) is 1.07. The van der Waals surface area contributed by atoms with E-state index in [-0.39, 0.29) is 57.2 Å². The molecule has 382 valence electrons. The second-order valence-corrected chi connectivity index (χ2v) is 16.8. The Morgan fingerprint density at radius 1 is 0.750 bits per heavy atom. The Hall–Kier alpha value is -6.06. The molecule has 1 aliphatic heterocycles. The molecule has 68 heavy (non-hydrogen) atoms. The molecule has 1 aromatic heterocycles. The number of aliphatic hydroxyl groups excluding tert-OH is 4. The third kappa shape index (κ3) is 16.9. The van der Waals surface area contributed by atoms with Crippen molar-refractivity contribution < 1.29 is 84.3 Å². The maximum absolute atomic E-state index is 13.8. The van der Waals surface area contributed by atoms with E-state index >= 15 is 0 Å². The number of amides is 9. The highest BCUT2D eigenvalue weighted by atomic mass is 32.2. The predicted molar refractivity (Wildman–Crippen MR) is 229 cm³/mol. The number of thioether (sulfide) groups is 1. The van der Waals surface area contributed by atoms with Crippen LogP contribution in [-0.4, -0.2) is 199 Å². The van der Waals surface area contributed by atoms with Gasteiger partial charge in [0.25, 0.3) is 0 Å². The number of nitrogens with one attached hydrogen (secondary N) is 4. The molecule has 0 bridgehead atoms. The van der Waals surface area contributed by atoms with Crippen LogP contribution in [0.2, 0.25) is 0 Å². The molecule has 2 rings (SSSR count). The first-order valence-corrected chi connectivity index (χ1v) is 21.7. The summed E-state index contributed by atoms with van der Waals surface area (Å²) < 4.78 is 1.78. The first kappa shape index (κ1) is 58.1. The lowest BCUT2D eigenvalue weighted by atomic mass is 10.00. The average molecular weight is 993 g/mol. The van der Waals surface area contributed by atoms with Gasteiger partial charge in [-0.1, -0.05) is 0 Å². The van der Waals surface area contributed by atoms with Crippen molar-refractivity contribution in [2.45, 2.75) is 118 Å². The Morgan fingerprint density at radius 2 is 1.19 bits per heavy atom. The van der Waals surface area contributed by atoms with E-state index in [0.29, 0.717) is 27.0 Å². The van der Waals surface area contributed by atoms with E-state index in [9.17, 15) is 89.1 Å². The largest absolute Gasteiger partial charge is 0.480 e. The van der Waals surface area contributed by atoms with Crippen molar-refractivity contribution in [2.24, 2.45) is 23.5 Å². The van der Waals surface area contributed by atoms with Crippen molar-refractivity contribution in [1.29, 1.82) is 0 Å². The standard InChI is InChI=1S/C37H60N12O18S/c1-17(51)47(65)12-5-8-20(38)30(57)40-21(9-6-13-48(66)18(2)52)31(58)41-22(10-7-14-49(67)19(3)53)32(59)42-23(16-50)33(60)44-25(35(61)62)26(54)29-27(55)28(56)34(68-29)46-15-11-24(43-36(39)63)45(4)37(46)64/h11,15,20-23,25-29,34,50,54-56,65-67H,5-10,12-14,16,38H2,1-4H3,(H2,39,63)(H,40,57)(H,41,58)(H,42,59)(H,44,60)(H,61,62). The number of carboxylic acid groups (broad SMARTS) is 1. The van der Waals surface area contributed by atoms with E-state index in [1.54, 1.807) is 0 Å². The molecule has 0 aliphatic carbocycles. The molecule has 0 spiro atoms. The molecule has 30 nitrogen and oxygen atoms in total. The quantitative estimate of drug-likeness (QED) is 0.0320. The monoisotopic (exact) mass is 992 g/mol. The van der Waals surface area contributed by atoms with E-state index < -0.39 is 131 Å². The Bertz CT molecular complexity index is 2130. The van der Waals surface area contributed by atoms with Gasteiger partial charge in [0.1, 0.15) is 35.1 Å². The van der Waals surface area contributed by atoms with Crippen molar-refractivity contribution >= 4 is 65.1 Å². The number of aromatic nitrogens is 2. The van der Waals surface area contributed by atoms with Gasteiger partial charge in [0, 0.05) is 53.6 Å². The van der Waals surface area contributed by atoms with Gasteiger partial charge in [0.15, 0.2) is 6.04 Å². The number of hydrogen-bond acceptors (Lipinski definition) is 19. The summed E-state index contributed by atoms with van der Waals surface area (Å²) in [5, 5.41) is 89.5. The van der Waals surface area contributed by atoms with E-state index in [1.165, 1.54) is 13.1 Å². The molecule has 0 saturated carbocycles. The van der Waals surface area contributed by atoms with Crippen LogP contribution in [0.4, 0.5) is 4.79 Å². The topological polar surface area (TPSA) is 465 Å². The van der Waals surface area contributed by atoms with E-state index in [1.807, 2.05) is 5.32 Å². The summed E-state index contributed by atoms with van der Waals surface area (Å²) in [5.74, 6) is -8.71. The summed E-state index contributed by atoms with van der Waals surface area (Å²) >= 11 is 0.545. The summed E-state index contributed by atoms with van der Waals surface area (Å²) in [4.78, 5) is 129. The van der Waals surface area contributed by atoms with Gasteiger partial charge in [0.2, 0.25) is 41.4 Å². The van der Waals surface area contributed by atoms with Crippen LogP contribution in [0.1, 0.15) is 64.7 Å². The molecule has 0 radical (unpaired) electrons. The summed E-state index contributed by atoms with van der Waals surface area (Å²) in [5.41, 5.74) is 9.99. The molecule has 1 fully saturated rings. The number of rotatable bonds is 25. The molecule has 0 aromatic carbocycles. The van der Waals surface area contributed by atoms with Gasteiger partial charge >= 0.3 is 17.7 Å². The van der Waals surface area contributed by atoms with E-state index in [2.05, 4.69) is 20.9 Å². The number of primary amides is 1. The lowest BCUT2D eigenvalue weighted by Gasteiger charge is -2.29. The van der Waals surface area contributed by atoms with E-state index in [0.717, 1.165) is 36.1 Å². The Kier molecular flexibility index (Phi) is 23.1. The fourth-order valence-electron chi connectivity index (χ4n) is 6.46. The zero-order chi connectivity index (χ0) is 51.7.